The first-order valence-corrected chi connectivity index (χ1v) is 6.41. The average molecular weight is 244 g/mol. The van der Waals surface area contributed by atoms with Crippen LogP contribution in [-0.2, 0) is 0 Å². The molecule has 0 aliphatic carbocycles. The van der Waals surface area contributed by atoms with Crippen molar-refractivity contribution in [3.63, 3.8) is 0 Å². The number of pyridine rings is 1. The molecule has 2 N–H and O–H groups in total. The Labute approximate surface area is 108 Å². The van der Waals surface area contributed by atoms with Gasteiger partial charge in [-0.2, -0.15) is 5.26 Å². The predicted octanol–water partition coefficient (Wildman–Crippen LogP) is 2.12. The van der Waals surface area contributed by atoms with Crippen molar-refractivity contribution in [3.05, 3.63) is 22.9 Å². The lowest BCUT2D eigenvalue weighted by Gasteiger charge is -2.35. The van der Waals surface area contributed by atoms with Crippen molar-refractivity contribution in [1.82, 2.24) is 10.3 Å². The van der Waals surface area contributed by atoms with Gasteiger partial charge in [-0.3, -0.25) is 0 Å². The topological polar surface area (TPSA) is 60.7 Å². The van der Waals surface area contributed by atoms with Gasteiger partial charge in [0.2, 0.25) is 0 Å². The summed E-state index contributed by atoms with van der Waals surface area (Å²) in [5, 5.41) is 16.1. The second-order valence-electron chi connectivity index (χ2n) is 5.35. The van der Waals surface area contributed by atoms with Gasteiger partial charge in [0, 0.05) is 11.2 Å². The molecule has 1 fully saturated rings. The van der Waals surface area contributed by atoms with Gasteiger partial charge in [-0.25, -0.2) is 4.98 Å². The molecular formula is C14H20N4. The Hall–Kier alpha value is -1.60. The van der Waals surface area contributed by atoms with Gasteiger partial charge in [-0.1, -0.05) is 0 Å². The minimum atomic E-state index is 0.0318. The van der Waals surface area contributed by atoms with E-state index in [1.54, 1.807) is 0 Å². The molecule has 0 bridgehead atoms. The molecular weight excluding hydrogens is 224 g/mol. The van der Waals surface area contributed by atoms with Gasteiger partial charge in [-0.15, -0.1) is 0 Å². The highest BCUT2D eigenvalue weighted by Gasteiger charge is 2.27. The SMILES string of the molecule is Cc1cc(C)c(C#N)c(NC2(C)CCNCC2)n1. The van der Waals surface area contributed by atoms with Crippen molar-refractivity contribution in [2.24, 2.45) is 0 Å². The van der Waals surface area contributed by atoms with Crippen molar-refractivity contribution >= 4 is 5.82 Å². The zero-order valence-corrected chi connectivity index (χ0v) is 11.3. The van der Waals surface area contributed by atoms with Crippen LogP contribution in [0.1, 0.15) is 36.6 Å². The minimum absolute atomic E-state index is 0.0318. The number of nitrogens with one attached hydrogen (secondary N) is 2. The second kappa shape index (κ2) is 4.95. The van der Waals surface area contributed by atoms with Crippen LogP contribution in [0.3, 0.4) is 0 Å². The zero-order valence-electron chi connectivity index (χ0n) is 11.3. The Balaban J connectivity index is 2.31. The third-order valence-electron chi connectivity index (χ3n) is 3.58. The molecule has 1 aliphatic rings. The fraction of sp³-hybridized carbons (Fsp3) is 0.571. The Morgan fingerprint density at radius 1 is 1.39 bits per heavy atom. The summed E-state index contributed by atoms with van der Waals surface area (Å²) in [6.07, 6.45) is 2.10. The summed E-state index contributed by atoms with van der Waals surface area (Å²) in [6, 6.07) is 4.21. The number of rotatable bonds is 2. The average Bonchev–Trinajstić information content (AvgIpc) is 2.28. The summed E-state index contributed by atoms with van der Waals surface area (Å²) in [7, 11) is 0. The maximum atomic E-state index is 9.26. The molecule has 1 aromatic rings. The lowest BCUT2D eigenvalue weighted by Crippen LogP contribution is -2.45. The maximum Gasteiger partial charge on any atom is 0.144 e. The molecule has 1 aliphatic heterocycles. The van der Waals surface area contributed by atoms with E-state index in [1.165, 1.54) is 0 Å². The van der Waals surface area contributed by atoms with E-state index in [9.17, 15) is 5.26 Å². The van der Waals surface area contributed by atoms with Crippen LogP contribution in [-0.4, -0.2) is 23.6 Å². The molecule has 0 saturated carbocycles. The third-order valence-corrected chi connectivity index (χ3v) is 3.58. The van der Waals surface area contributed by atoms with Crippen LogP contribution >= 0.6 is 0 Å². The molecule has 0 radical (unpaired) electrons. The summed E-state index contributed by atoms with van der Waals surface area (Å²) in [6.45, 7) is 8.15. The van der Waals surface area contributed by atoms with E-state index in [4.69, 9.17) is 0 Å². The van der Waals surface area contributed by atoms with E-state index in [0.717, 1.165) is 43.0 Å². The monoisotopic (exact) mass is 244 g/mol. The van der Waals surface area contributed by atoms with E-state index < -0.39 is 0 Å². The van der Waals surface area contributed by atoms with E-state index in [0.29, 0.717) is 5.56 Å². The molecule has 0 unspecified atom stereocenters. The van der Waals surface area contributed by atoms with E-state index in [2.05, 4.69) is 28.6 Å². The van der Waals surface area contributed by atoms with E-state index in [-0.39, 0.29) is 5.54 Å². The van der Waals surface area contributed by atoms with Crippen LogP contribution in [0.15, 0.2) is 6.07 Å². The van der Waals surface area contributed by atoms with Crippen molar-refractivity contribution in [2.45, 2.75) is 39.2 Å². The number of anilines is 1. The summed E-state index contributed by atoms with van der Waals surface area (Å²) < 4.78 is 0. The number of hydrogen-bond acceptors (Lipinski definition) is 4. The van der Waals surface area contributed by atoms with Crippen molar-refractivity contribution in [1.29, 1.82) is 5.26 Å². The van der Waals surface area contributed by atoms with Gasteiger partial charge in [0.1, 0.15) is 11.9 Å². The molecule has 0 spiro atoms. The van der Waals surface area contributed by atoms with Crippen LogP contribution in [0.25, 0.3) is 0 Å². The van der Waals surface area contributed by atoms with Crippen LogP contribution in [0.2, 0.25) is 0 Å². The minimum Gasteiger partial charge on any atom is -0.364 e. The quantitative estimate of drug-likeness (QED) is 0.836. The molecule has 4 nitrogen and oxygen atoms in total. The normalized spacial score (nSPS) is 18.1. The second-order valence-corrected chi connectivity index (χ2v) is 5.35. The van der Waals surface area contributed by atoms with Gasteiger partial charge in [0.25, 0.3) is 0 Å². The molecule has 1 saturated heterocycles. The molecule has 2 rings (SSSR count). The predicted molar refractivity (Wildman–Crippen MR) is 72.6 cm³/mol. The lowest BCUT2D eigenvalue weighted by molar-refractivity contribution is 0.364. The molecule has 0 atom stereocenters. The molecule has 0 amide bonds. The van der Waals surface area contributed by atoms with E-state index in [1.807, 2.05) is 19.9 Å². The Bertz CT molecular complexity index is 481. The summed E-state index contributed by atoms with van der Waals surface area (Å²) in [5.41, 5.74) is 2.64. The summed E-state index contributed by atoms with van der Waals surface area (Å²) in [5.74, 6) is 0.736. The molecule has 18 heavy (non-hydrogen) atoms. The fourth-order valence-corrected chi connectivity index (χ4v) is 2.46. The van der Waals surface area contributed by atoms with Crippen LogP contribution < -0.4 is 10.6 Å². The smallest absolute Gasteiger partial charge is 0.144 e. The highest BCUT2D eigenvalue weighted by atomic mass is 15.1. The van der Waals surface area contributed by atoms with Gasteiger partial charge in [0.05, 0.1) is 5.56 Å². The number of piperidine rings is 1. The van der Waals surface area contributed by atoms with Crippen LogP contribution in [0.4, 0.5) is 5.82 Å². The van der Waals surface area contributed by atoms with Gasteiger partial charge < -0.3 is 10.6 Å². The summed E-state index contributed by atoms with van der Waals surface area (Å²) in [4.78, 5) is 4.49. The Morgan fingerprint density at radius 3 is 2.67 bits per heavy atom. The molecule has 0 aromatic carbocycles. The van der Waals surface area contributed by atoms with Crippen molar-refractivity contribution < 1.29 is 0 Å². The first-order chi connectivity index (χ1) is 8.54. The number of aromatic nitrogens is 1. The van der Waals surface area contributed by atoms with Gasteiger partial charge >= 0.3 is 0 Å². The number of nitriles is 1. The molecule has 4 heteroatoms. The van der Waals surface area contributed by atoms with Gasteiger partial charge in [-0.05, 0) is 58.3 Å². The maximum absolute atomic E-state index is 9.26. The number of aryl methyl sites for hydroxylation is 2. The van der Waals surface area contributed by atoms with E-state index >= 15 is 0 Å². The third kappa shape index (κ3) is 2.62. The largest absolute Gasteiger partial charge is 0.364 e. The first kappa shape index (κ1) is 12.8. The Kier molecular flexibility index (Phi) is 3.53. The standard InChI is InChI=1S/C14H20N4/c1-10-8-11(2)17-13(12(10)9-15)18-14(3)4-6-16-7-5-14/h8,16H,4-7H2,1-3H3,(H,17,18). The number of nitrogens with zero attached hydrogens (tertiary/aromatic N) is 2. The van der Waals surface area contributed by atoms with Crippen LogP contribution in [0.5, 0.6) is 0 Å². The highest BCUT2D eigenvalue weighted by Crippen LogP contribution is 2.26. The van der Waals surface area contributed by atoms with Gasteiger partial charge in [0.15, 0.2) is 0 Å². The molecule has 1 aromatic heterocycles. The first-order valence-electron chi connectivity index (χ1n) is 6.41. The van der Waals surface area contributed by atoms with Crippen LogP contribution in [0, 0.1) is 25.2 Å². The van der Waals surface area contributed by atoms with Crippen molar-refractivity contribution in [2.75, 3.05) is 18.4 Å². The van der Waals surface area contributed by atoms with Crippen molar-refractivity contribution in [3.8, 4) is 6.07 Å². The lowest BCUT2D eigenvalue weighted by atomic mass is 9.90. The zero-order chi connectivity index (χ0) is 13.2. The fourth-order valence-electron chi connectivity index (χ4n) is 2.46. The Morgan fingerprint density at radius 2 is 2.06 bits per heavy atom. The molecule has 2 heterocycles. The number of hydrogen-bond donors (Lipinski definition) is 2. The molecule has 96 valence electrons. The highest BCUT2D eigenvalue weighted by molar-refractivity contribution is 5.57. The summed E-state index contributed by atoms with van der Waals surface area (Å²) >= 11 is 0.